The molecule has 2 aliphatic heterocycles. The van der Waals surface area contributed by atoms with Gasteiger partial charge >= 0.3 is 5.97 Å². The Morgan fingerprint density at radius 3 is 2.88 bits per heavy atom. The van der Waals surface area contributed by atoms with Gasteiger partial charge in [-0.2, -0.15) is 0 Å². The first-order valence-electron chi connectivity index (χ1n) is 6.12. The highest BCUT2D eigenvalue weighted by molar-refractivity contribution is 5.79. The Bertz CT molecular complexity index is 431. The van der Waals surface area contributed by atoms with Crippen LogP contribution in [0.3, 0.4) is 0 Å². The third kappa shape index (κ3) is 1.75. The van der Waals surface area contributed by atoms with Crippen LogP contribution in [0.5, 0.6) is 0 Å². The van der Waals surface area contributed by atoms with Crippen LogP contribution in [0.4, 0.5) is 0 Å². The summed E-state index contributed by atoms with van der Waals surface area (Å²) in [5.41, 5.74) is 1.04. The maximum Gasteiger partial charge on any atom is 0.313 e. The fourth-order valence-corrected chi connectivity index (χ4v) is 2.94. The second kappa shape index (κ2) is 3.84. The van der Waals surface area contributed by atoms with Gasteiger partial charge in [-0.05, 0) is 12.5 Å². The van der Waals surface area contributed by atoms with Crippen LogP contribution in [0.1, 0.15) is 12.5 Å². The first-order chi connectivity index (χ1) is 8.18. The molecule has 0 aliphatic carbocycles. The van der Waals surface area contributed by atoms with Crippen LogP contribution < -0.4 is 0 Å². The molecule has 2 fully saturated rings. The predicted molar refractivity (Wildman–Crippen MR) is 64.3 cm³/mol. The van der Waals surface area contributed by atoms with Gasteiger partial charge in [0.25, 0.3) is 0 Å². The molecule has 1 aromatic rings. The quantitative estimate of drug-likeness (QED) is 0.725. The van der Waals surface area contributed by atoms with Crippen LogP contribution >= 0.6 is 0 Å². The maximum atomic E-state index is 11.7. The third-order valence-electron chi connectivity index (χ3n) is 4.06. The minimum Gasteiger partial charge on any atom is -0.465 e. The molecule has 0 unspecified atom stereocenters. The molecule has 90 valence electrons. The van der Waals surface area contributed by atoms with E-state index in [2.05, 4.69) is 29.2 Å². The first kappa shape index (κ1) is 10.8. The molecule has 3 heteroatoms. The molecule has 0 radical (unpaired) electrons. The minimum absolute atomic E-state index is 0.0157. The molecule has 2 aliphatic rings. The maximum absolute atomic E-state index is 11.7. The Hall–Kier alpha value is -1.35. The number of esters is 1. The lowest BCUT2D eigenvalue weighted by Crippen LogP contribution is -2.31. The van der Waals surface area contributed by atoms with Gasteiger partial charge in [0.1, 0.15) is 0 Å². The van der Waals surface area contributed by atoms with Gasteiger partial charge in [-0.3, -0.25) is 9.69 Å². The number of hydrogen-bond donors (Lipinski definition) is 0. The highest BCUT2D eigenvalue weighted by atomic mass is 16.5. The molecule has 0 N–H and O–H groups in total. The van der Waals surface area contributed by atoms with Crippen molar-refractivity contribution in [2.24, 2.45) is 11.3 Å². The number of likely N-dealkylation sites (tertiary alicyclic amines) is 1. The van der Waals surface area contributed by atoms with E-state index in [0.29, 0.717) is 12.5 Å². The van der Waals surface area contributed by atoms with Crippen LogP contribution in [0.2, 0.25) is 0 Å². The SMILES string of the molecule is C[C@]12CN(Cc3ccccc3)C[C@H]1COC2=O. The summed E-state index contributed by atoms with van der Waals surface area (Å²) in [4.78, 5) is 14.1. The standard InChI is InChI=1S/C14H17NO2/c1-14-10-15(7-11-5-3-2-4-6-11)8-12(14)9-17-13(14)16/h2-6,12H,7-10H2,1H3/t12-,14-/m0/s1. The Morgan fingerprint density at radius 2 is 2.18 bits per heavy atom. The van der Waals surface area contributed by atoms with Crippen molar-refractivity contribution >= 4 is 5.97 Å². The Labute approximate surface area is 101 Å². The van der Waals surface area contributed by atoms with Gasteiger partial charge in [-0.15, -0.1) is 0 Å². The Kier molecular flexibility index (Phi) is 2.44. The summed E-state index contributed by atoms with van der Waals surface area (Å²) in [6.45, 7) is 5.36. The van der Waals surface area contributed by atoms with Gasteiger partial charge in [-0.1, -0.05) is 30.3 Å². The molecule has 3 nitrogen and oxygen atoms in total. The lowest BCUT2D eigenvalue weighted by atomic mass is 9.83. The minimum atomic E-state index is -0.269. The van der Waals surface area contributed by atoms with E-state index in [1.165, 1.54) is 5.56 Å². The van der Waals surface area contributed by atoms with E-state index in [4.69, 9.17) is 4.74 Å². The topological polar surface area (TPSA) is 29.5 Å². The zero-order valence-corrected chi connectivity index (χ0v) is 10.1. The predicted octanol–water partition coefficient (Wildman–Crippen LogP) is 1.68. The number of benzene rings is 1. The first-order valence-corrected chi connectivity index (χ1v) is 6.12. The van der Waals surface area contributed by atoms with Crippen LogP contribution in [-0.2, 0) is 16.1 Å². The van der Waals surface area contributed by atoms with E-state index < -0.39 is 0 Å². The fraction of sp³-hybridized carbons (Fsp3) is 0.500. The highest BCUT2D eigenvalue weighted by Gasteiger charge is 2.54. The average Bonchev–Trinajstić information content (AvgIpc) is 2.77. The summed E-state index contributed by atoms with van der Waals surface area (Å²) in [6.07, 6.45) is 0. The number of hydrogen-bond acceptors (Lipinski definition) is 3. The zero-order chi connectivity index (χ0) is 11.9. The molecule has 0 bridgehead atoms. The molecule has 0 spiro atoms. The summed E-state index contributed by atoms with van der Waals surface area (Å²) >= 11 is 0. The van der Waals surface area contributed by atoms with Crippen molar-refractivity contribution in [1.82, 2.24) is 4.90 Å². The number of carbonyl (C=O) groups excluding carboxylic acids is 1. The number of carbonyl (C=O) groups is 1. The largest absolute Gasteiger partial charge is 0.465 e. The van der Waals surface area contributed by atoms with E-state index in [0.717, 1.165) is 19.6 Å². The van der Waals surface area contributed by atoms with Crippen molar-refractivity contribution in [3.63, 3.8) is 0 Å². The second-order valence-electron chi connectivity index (χ2n) is 5.37. The highest BCUT2D eigenvalue weighted by Crippen LogP contribution is 2.42. The van der Waals surface area contributed by atoms with E-state index >= 15 is 0 Å². The van der Waals surface area contributed by atoms with Gasteiger partial charge in [0, 0.05) is 25.6 Å². The summed E-state index contributed by atoms with van der Waals surface area (Å²) < 4.78 is 5.16. The van der Waals surface area contributed by atoms with Crippen molar-refractivity contribution in [3.05, 3.63) is 35.9 Å². The van der Waals surface area contributed by atoms with Gasteiger partial charge in [0.05, 0.1) is 12.0 Å². The summed E-state index contributed by atoms with van der Waals surface area (Å²) in [6, 6.07) is 10.4. The molecule has 1 aromatic carbocycles. The van der Waals surface area contributed by atoms with Crippen LogP contribution in [-0.4, -0.2) is 30.6 Å². The molecule has 2 saturated heterocycles. The Morgan fingerprint density at radius 1 is 1.41 bits per heavy atom. The monoisotopic (exact) mass is 231 g/mol. The number of fused-ring (bicyclic) bond motifs is 1. The van der Waals surface area contributed by atoms with Crippen molar-refractivity contribution in [3.8, 4) is 0 Å². The number of rotatable bonds is 2. The molecular formula is C14H17NO2. The molecule has 3 rings (SSSR count). The van der Waals surface area contributed by atoms with Gasteiger partial charge in [-0.25, -0.2) is 0 Å². The lowest BCUT2D eigenvalue weighted by molar-refractivity contribution is -0.145. The van der Waals surface area contributed by atoms with Crippen molar-refractivity contribution in [1.29, 1.82) is 0 Å². The van der Waals surface area contributed by atoms with E-state index in [1.54, 1.807) is 0 Å². The lowest BCUT2D eigenvalue weighted by Gasteiger charge is -2.19. The average molecular weight is 231 g/mol. The molecule has 17 heavy (non-hydrogen) atoms. The van der Waals surface area contributed by atoms with Gasteiger partial charge in [0.2, 0.25) is 0 Å². The number of ether oxygens (including phenoxy) is 1. The van der Waals surface area contributed by atoms with E-state index in [-0.39, 0.29) is 11.4 Å². The molecule has 2 atom stereocenters. The van der Waals surface area contributed by atoms with Gasteiger partial charge in [0.15, 0.2) is 0 Å². The van der Waals surface area contributed by atoms with Crippen LogP contribution in [0, 0.1) is 11.3 Å². The van der Waals surface area contributed by atoms with E-state index in [1.807, 2.05) is 13.0 Å². The van der Waals surface area contributed by atoms with Gasteiger partial charge < -0.3 is 4.74 Å². The smallest absolute Gasteiger partial charge is 0.313 e. The summed E-state index contributed by atoms with van der Waals surface area (Å²) in [5.74, 6) is 0.358. The van der Waals surface area contributed by atoms with E-state index in [9.17, 15) is 4.79 Å². The summed E-state index contributed by atoms with van der Waals surface area (Å²) in [5, 5.41) is 0. The number of nitrogens with zero attached hydrogens (tertiary/aromatic N) is 1. The number of cyclic esters (lactones) is 1. The van der Waals surface area contributed by atoms with Crippen molar-refractivity contribution < 1.29 is 9.53 Å². The molecule has 2 heterocycles. The van der Waals surface area contributed by atoms with Crippen molar-refractivity contribution in [2.75, 3.05) is 19.7 Å². The normalized spacial score (nSPS) is 32.5. The third-order valence-corrected chi connectivity index (χ3v) is 4.06. The Balaban J connectivity index is 1.71. The fourth-order valence-electron chi connectivity index (χ4n) is 2.94. The summed E-state index contributed by atoms with van der Waals surface area (Å²) in [7, 11) is 0. The molecule has 0 amide bonds. The van der Waals surface area contributed by atoms with Crippen LogP contribution in [0.15, 0.2) is 30.3 Å². The van der Waals surface area contributed by atoms with Crippen LogP contribution in [0.25, 0.3) is 0 Å². The molecular weight excluding hydrogens is 214 g/mol. The molecule has 0 saturated carbocycles. The van der Waals surface area contributed by atoms with Crippen molar-refractivity contribution in [2.45, 2.75) is 13.5 Å². The molecule has 0 aromatic heterocycles. The second-order valence-corrected chi connectivity index (χ2v) is 5.37. The zero-order valence-electron chi connectivity index (χ0n) is 10.1.